The normalized spacial score (nSPS) is 10.4. The fourth-order valence-corrected chi connectivity index (χ4v) is 0.971. The van der Waals surface area contributed by atoms with E-state index in [1.165, 1.54) is 0 Å². The zero-order chi connectivity index (χ0) is 6.97. The fourth-order valence-electron chi connectivity index (χ4n) is 0.971. The molecule has 2 radical (unpaired) electrons. The Labute approximate surface area is 60.1 Å². The van der Waals surface area contributed by atoms with E-state index in [0.717, 1.165) is 16.4 Å². The second-order valence-electron chi connectivity index (χ2n) is 2.22. The predicted molar refractivity (Wildman–Crippen MR) is 41.6 cm³/mol. The molecule has 0 bridgehead atoms. The second-order valence-corrected chi connectivity index (χ2v) is 2.22. The summed E-state index contributed by atoms with van der Waals surface area (Å²) in [5.41, 5.74) is 1.59. The lowest BCUT2D eigenvalue weighted by Crippen LogP contribution is -1.98. The first-order valence-corrected chi connectivity index (χ1v) is 3.09. The molecule has 46 valence electrons. The zero-order valence-electron chi connectivity index (χ0n) is 5.37. The van der Waals surface area contributed by atoms with Crippen molar-refractivity contribution in [3.8, 4) is 0 Å². The van der Waals surface area contributed by atoms with Crippen molar-refractivity contribution in [2.24, 2.45) is 0 Å². The molecule has 0 unspecified atom stereocenters. The molecule has 1 aromatic heterocycles. The van der Waals surface area contributed by atoms with Crippen LogP contribution in [-0.4, -0.2) is 7.85 Å². The van der Waals surface area contributed by atoms with Crippen molar-refractivity contribution in [1.82, 2.24) is 0 Å². The van der Waals surface area contributed by atoms with Gasteiger partial charge in [0.05, 0.1) is 6.26 Å². The first-order chi connectivity index (χ1) is 4.86. The molecule has 0 aliphatic heterocycles. The first-order valence-electron chi connectivity index (χ1n) is 3.09. The highest BCUT2D eigenvalue weighted by molar-refractivity contribution is 6.33. The molecule has 0 spiro atoms. The van der Waals surface area contributed by atoms with Gasteiger partial charge in [0.15, 0.2) is 0 Å². The Hall–Kier alpha value is -1.18. The van der Waals surface area contributed by atoms with Gasteiger partial charge in [-0.3, -0.25) is 0 Å². The number of fused-ring (bicyclic) bond motifs is 1. The summed E-state index contributed by atoms with van der Waals surface area (Å²) in [5, 5.41) is 1.09. The van der Waals surface area contributed by atoms with Crippen molar-refractivity contribution in [2.45, 2.75) is 0 Å². The van der Waals surface area contributed by atoms with Crippen LogP contribution >= 0.6 is 0 Å². The molecular formula is C8H5BO. The van der Waals surface area contributed by atoms with Crippen molar-refractivity contribution in [3.05, 3.63) is 30.5 Å². The van der Waals surface area contributed by atoms with Gasteiger partial charge in [-0.05, 0) is 12.1 Å². The number of hydrogen-bond acceptors (Lipinski definition) is 1. The molecule has 0 aliphatic carbocycles. The van der Waals surface area contributed by atoms with Crippen LogP contribution in [0, 0.1) is 0 Å². The molecular weight excluding hydrogens is 123 g/mol. The summed E-state index contributed by atoms with van der Waals surface area (Å²) in [4.78, 5) is 0. The molecule has 1 aromatic carbocycles. The third-order valence-corrected chi connectivity index (χ3v) is 1.48. The van der Waals surface area contributed by atoms with Crippen molar-refractivity contribution in [2.75, 3.05) is 0 Å². The molecule has 2 heteroatoms. The summed E-state index contributed by atoms with van der Waals surface area (Å²) in [6, 6.07) is 7.52. The van der Waals surface area contributed by atoms with E-state index in [-0.39, 0.29) is 0 Å². The SMILES string of the molecule is [B]c1ccc2ccoc2c1. The third-order valence-electron chi connectivity index (χ3n) is 1.48. The lowest BCUT2D eigenvalue weighted by Gasteiger charge is -1.89. The lowest BCUT2D eigenvalue weighted by atomic mass is 9.96. The fraction of sp³-hybridized carbons (Fsp3) is 0. The molecule has 10 heavy (non-hydrogen) atoms. The smallest absolute Gasteiger partial charge is 0.133 e. The van der Waals surface area contributed by atoms with E-state index in [4.69, 9.17) is 12.3 Å². The minimum atomic E-state index is 0.738. The number of hydrogen-bond donors (Lipinski definition) is 0. The van der Waals surface area contributed by atoms with E-state index in [9.17, 15) is 0 Å². The van der Waals surface area contributed by atoms with Crippen LogP contribution in [0.1, 0.15) is 0 Å². The molecule has 1 nitrogen and oxygen atoms in total. The monoisotopic (exact) mass is 128 g/mol. The third kappa shape index (κ3) is 0.729. The largest absolute Gasteiger partial charge is 0.464 e. The topological polar surface area (TPSA) is 13.1 Å². The minimum absolute atomic E-state index is 0.738. The maximum absolute atomic E-state index is 5.52. The minimum Gasteiger partial charge on any atom is -0.464 e. The van der Waals surface area contributed by atoms with E-state index in [1.54, 1.807) is 6.26 Å². The van der Waals surface area contributed by atoms with E-state index < -0.39 is 0 Å². The van der Waals surface area contributed by atoms with Crippen molar-refractivity contribution < 1.29 is 4.42 Å². The van der Waals surface area contributed by atoms with Crippen LogP contribution in [0.5, 0.6) is 0 Å². The zero-order valence-corrected chi connectivity index (χ0v) is 5.37. The summed E-state index contributed by atoms with van der Waals surface area (Å²) >= 11 is 0. The quantitative estimate of drug-likeness (QED) is 0.486. The van der Waals surface area contributed by atoms with E-state index >= 15 is 0 Å². The van der Waals surface area contributed by atoms with Crippen LogP contribution in [-0.2, 0) is 0 Å². The summed E-state index contributed by atoms with van der Waals surface area (Å²) in [6.07, 6.45) is 1.66. The molecule has 0 fully saturated rings. The molecule has 1 heterocycles. The highest BCUT2D eigenvalue weighted by Gasteiger charge is 1.93. The van der Waals surface area contributed by atoms with Gasteiger partial charge in [-0.1, -0.05) is 17.6 Å². The standard InChI is InChI=1S/C8H5BO/c9-7-2-1-6-3-4-10-8(6)5-7/h1-5H. The predicted octanol–water partition coefficient (Wildman–Crippen LogP) is 1.23. The van der Waals surface area contributed by atoms with Crippen LogP contribution in [0.3, 0.4) is 0 Å². The van der Waals surface area contributed by atoms with Gasteiger partial charge < -0.3 is 4.42 Å². The van der Waals surface area contributed by atoms with Gasteiger partial charge in [0, 0.05) is 5.39 Å². The average molecular weight is 128 g/mol. The van der Waals surface area contributed by atoms with E-state index in [1.807, 2.05) is 24.3 Å². The molecule has 0 N–H and O–H groups in total. The van der Waals surface area contributed by atoms with Gasteiger partial charge in [-0.2, -0.15) is 0 Å². The molecule has 0 saturated carbocycles. The average Bonchev–Trinajstić information content (AvgIpc) is 2.33. The second kappa shape index (κ2) is 1.91. The molecule has 2 aromatic rings. The van der Waals surface area contributed by atoms with Crippen molar-refractivity contribution in [1.29, 1.82) is 0 Å². The molecule has 0 atom stereocenters. The highest BCUT2D eigenvalue weighted by atomic mass is 16.3. The van der Waals surface area contributed by atoms with Gasteiger partial charge in [0.25, 0.3) is 0 Å². The Kier molecular flexibility index (Phi) is 1.07. The molecule has 0 aliphatic rings. The first kappa shape index (κ1) is 5.60. The highest BCUT2D eigenvalue weighted by Crippen LogP contribution is 2.11. The Balaban J connectivity index is 2.86. The van der Waals surface area contributed by atoms with Crippen molar-refractivity contribution >= 4 is 24.3 Å². The number of benzene rings is 1. The van der Waals surface area contributed by atoms with Gasteiger partial charge in [0.1, 0.15) is 13.4 Å². The number of furan rings is 1. The number of rotatable bonds is 0. The Bertz CT molecular complexity index is 351. The van der Waals surface area contributed by atoms with Crippen molar-refractivity contribution in [3.63, 3.8) is 0 Å². The summed E-state index contributed by atoms with van der Waals surface area (Å²) in [6.45, 7) is 0. The van der Waals surface area contributed by atoms with E-state index in [0.29, 0.717) is 0 Å². The van der Waals surface area contributed by atoms with Gasteiger partial charge in [-0.15, -0.1) is 0 Å². The lowest BCUT2D eigenvalue weighted by molar-refractivity contribution is 0.616. The van der Waals surface area contributed by atoms with Crippen LogP contribution < -0.4 is 5.46 Å². The van der Waals surface area contributed by atoms with Gasteiger partial charge in [-0.25, -0.2) is 0 Å². The Morgan fingerprint density at radius 3 is 3.00 bits per heavy atom. The van der Waals surface area contributed by atoms with Crippen LogP contribution in [0.25, 0.3) is 11.0 Å². The molecule has 0 amide bonds. The maximum Gasteiger partial charge on any atom is 0.133 e. The summed E-state index contributed by atoms with van der Waals surface area (Å²) < 4.78 is 5.12. The van der Waals surface area contributed by atoms with Crippen LogP contribution in [0.4, 0.5) is 0 Å². The summed E-state index contributed by atoms with van der Waals surface area (Å²) in [7, 11) is 5.52. The van der Waals surface area contributed by atoms with Gasteiger partial charge in [0.2, 0.25) is 0 Å². The molecule has 0 saturated heterocycles. The Morgan fingerprint density at radius 2 is 2.10 bits per heavy atom. The summed E-state index contributed by atoms with van der Waals surface area (Å²) in [5.74, 6) is 0. The van der Waals surface area contributed by atoms with Crippen LogP contribution in [0.15, 0.2) is 34.9 Å². The van der Waals surface area contributed by atoms with Crippen LogP contribution in [0.2, 0.25) is 0 Å². The maximum atomic E-state index is 5.52. The Morgan fingerprint density at radius 1 is 1.20 bits per heavy atom. The molecule has 2 rings (SSSR count). The van der Waals surface area contributed by atoms with E-state index in [2.05, 4.69) is 0 Å². The van der Waals surface area contributed by atoms with Gasteiger partial charge >= 0.3 is 0 Å².